The van der Waals surface area contributed by atoms with Crippen LogP contribution in [0.1, 0.15) is 25.3 Å². The molecule has 0 aliphatic carbocycles. The van der Waals surface area contributed by atoms with Crippen LogP contribution in [0.3, 0.4) is 0 Å². The highest BCUT2D eigenvalue weighted by molar-refractivity contribution is 7.98. The lowest BCUT2D eigenvalue weighted by atomic mass is 10.1. The molecule has 0 saturated heterocycles. The highest BCUT2D eigenvalue weighted by Crippen LogP contribution is 2.27. The zero-order chi connectivity index (χ0) is 14.1. The van der Waals surface area contributed by atoms with Crippen LogP contribution in [-0.4, -0.2) is 31.0 Å². The van der Waals surface area contributed by atoms with Gasteiger partial charge >= 0.3 is 0 Å². The van der Waals surface area contributed by atoms with Crippen molar-refractivity contribution >= 4 is 34.7 Å². The van der Waals surface area contributed by atoms with Gasteiger partial charge in [-0.2, -0.15) is 0 Å². The maximum absolute atomic E-state index is 5.81. The largest absolute Gasteiger partial charge is 0.389 e. The van der Waals surface area contributed by atoms with Gasteiger partial charge in [0.25, 0.3) is 0 Å². The third-order valence-electron chi connectivity index (χ3n) is 2.62. The van der Waals surface area contributed by atoms with Crippen molar-refractivity contribution in [1.29, 1.82) is 0 Å². The summed E-state index contributed by atoms with van der Waals surface area (Å²) in [5.41, 5.74) is 7.77. The number of thioether (sulfide) groups is 1. The van der Waals surface area contributed by atoms with Crippen molar-refractivity contribution < 1.29 is 4.74 Å². The van der Waals surface area contributed by atoms with E-state index in [1.54, 1.807) is 11.8 Å². The summed E-state index contributed by atoms with van der Waals surface area (Å²) in [7, 11) is 0. The number of ether oxygens (including phenoxy) is 1. The number of thiocarbonyl (C=S) groups is 1. The molecule has 5 heteroatoms. The van der Waals surface area contributed by atoms with E-state index in [1.807, 2.05) is 24.5 Å². The maximum atomic E-state index is 5.81. The Hall–Kier alpha value is -0.780. The fourth-order valence-corrected chi connectivity index (χ4v) is 2.67. The van der Waals surface area contributed by atoms with Crippen LogP contribution in [0.5, 0.6) is 0 Å². The third-order valence-corrected chi connectivity index (χ3v) is 3.61. The topological polar surface area (TPSA) is 47.3 Å². The van der Waals surface area contributed by atoms with E-state index in [9.17, 15) is 0 Å². The van der Waals surface area contributed by atoms with Crippen molar-refractivity contribution in [3.63, 3.8) is 0 Å². The number of rotatable bonds is 9. The molecular formula is C14H22N2OS2. The number of benzene rings is 1. The van der Waals surface area contributed by atoms with Crippen molar-refractivity contribution in [3.8, 4) is 0 Å². The molecule has 1 aromatic rings. The van der Waals surface area contributed by atoms with Crippen molar-refractivity contribution in [3.05, 3.63) is 23.8 Å². The van der Waals surface area contributed by atoms with Gasteiger partial charge in [-0.25, -0.2) is 0 Å². The first kappa shape index (κ1) is 16.3. The van der Waals surface area contributed by atoms with Gasteiger partial charge in [0.05, 0.1) is 0 Å². The quantitative estimate of drug-likeness (QED) is 0.416. The molecule has 0 aliphatic heterocycles. The molecule has 0 atom stereocenters. The van der Waals surface area contributed by atoms with Gasteiger partial charge in [-0.05, 0) is 31.2 Å². The summed E-state index contributed by atoms with van der Waals surface area (Å²) in [5.74, 6) is 0. The van der Waals surface area contributed by atoms with Crippen LogP contribution in [0, 0.1) is 0 Å². The summed E-state index contributed by atoms with van der Waals surface area (Å²) in [6.45, 7) is 4.59. The number of nitrogens with two attached hydrogens (primary N) is 1. The number of anilines is 1. The van der Waals surface area contributed by atoms with Crippen LogP contribution in [0.25, 0.3) is 0 Å². The summed E-state index contributed by atoms with van der Waals surface area (Å²) in [4.78, 5) is 1.55. The van der Waals surface area contributed by atoms with Gasteiger partial charge in [-0.1, -0.05) is 25.2 Å². The standard InChI is InChI=1S/C14H22N2OS2/c1-3-9-17-10-5-8-16-11-6-4-7-12(19-2)13(11)14(15)18/h4,6-7,16H,3,5,8-10H2,1-2H3,(H2,15,18). The first-order valence-electron chi connectivity index (χ1n) is 6.49. The van der Waals surface area contributed by atoms with Crippen molar-refractivity contribution in [1.82, 2.24) is 0 Å². The first-order chi connectivity index (χ1) is 9.20. The summed E-state index contributed by atoms with van der Waals surface area (Å²) >= 11 is 6.80. The van der Waals surface area contributed by atoms with Crippen LogP contribution in [0.15, 0.2) is 23.1 Å². The molecule has 0 aliphatic rings. The highest BCUT2D eigenvalue weighted by atomic mass is 32.2. The Morgan fingerprint density at radius 1 is 1.42 bits per heavy atom. The summed E-state index contributed by atoms with van der Waals surface area (Å²) < 4.78 is 5.45. The van der Waals surface area contributed by atoms with Crippen LogP contribution >= 0.6 is 24.0 Å². The fourth-order valence-electron chi connectivity index (χ4n) is 1.75. The van der Waals surface area contributed by atoms with Gasteiger partial charge in [0, 0.05) is 35.9 Å². The average Bonchev–Trinajstić information content (AvgIpc) is 2.42. The molecule has 1 aromatic carbocycles. The zero-order valence-corrected chi connectivity index (χ0v) is 13.2. The van der Waals surface area contributed by atoms with Gasteiger partial charge in [0.1, 0.15) is 4.99 Å². The minimum atomic E-state index is 0.440. The molecule has 0 saturated carbocycles. The van der Waals surface area contributed by atoms with E-state index < -0.39 is 0 Å². The van der Waals surface area contributed by atoms with Crippen LogP contribution in [0.2, 0.25) is 0 Å². The molecule has 0 amide bonds. The predicted molar refractivity (Wildman–Crippen MR) is 88.3 cm³/mol. The SMILES string of the molecule is CCCOCCCNc1cccc(SC)c1C(N)=S. The Balaban J connectivity index is 2.55. The lowest BCUT2D eigenvalue weighted by Crippen LogP contribution is -2.15. The number of hydrogen-bond donors (Lipinski definition) is 2. The minimum absolute atomic E-state index is 0.440. The lowest BCUT2D eigenvalue weighted by Gasteiger charge is -2.14. The summed E-state index contributed by atoms with van der Waals surface area (Å²) in [6.07, 6.45) is 4.06. The first-order valence-corrected chi connectivity index (χ1v) is 8.12. The van der Waals surface area contributed by atoms with Gasteiger partial charge in [0.2, 0.25) is 0 Å². The van der Waals surface area contributed by atoms with E-state index >= 15 is 0 Å². The Morgan fingerprint density at radius 3 is 2.84 bits per heavy atom. The molecule has 0 radical (unpaired) electrons. The van der Waals surface area contributed by atoms with E-state index in [2.05, 4.69) is 12.2 Å². The van der Waals surface area contributed by atoms with Crippen LogP contribution in [-0.2, 0) is 4.74 Å². The third kappa shape index (κ3) is 5.38. The molecule has 0 unspecified atom stereocenters. The monoisotopic (exact) mass is 298 g/mol. The molecule has 19 heavy (non-hydrogen) atoms. The van der Waals surface area contributed by atoms with Gasteiger partial charge in [-0.15, -0.1) is 11.8 Å². The van der Waals surface area contributed by atoms with E-state index in [1.165, 1.54) is 0 Å². The zero-order valence-electron chi connectivity index (χ0n) is 11.6. The predicted octanol–water partition coefficient (Wildman–Crippen LogP) is 3.27. The Morgan fingerprint density at radius 2 is 2.21 bits per heavy atom. The number of nitrogens with one attached hydrogen (secondary N) is 1. The Kier molecular flexibility index (Phi) is 7.86. The molecule has 0 fully saturated rings. The van der Waals surface area contributed by atoms with Crippen molar-refractivity contribution in [2.45, 2.75) is 24.7 Å². The molecule has 0 heterocycles. The van der Waals surface area contributed by atoms with E-state index in [-0.39, 0.29) is 0 Å². The normalized spacial score (nSPS) is 10.4. The maximum Gasteiger partial charge on any atom is 0.107 e. The molecule has 3 N–H and O–H groups in total. The second kappa shape index (κ2) is 9.18. The molecule has 0 bridgehead atoms. The fraction of sp³-hybridized carbons (Fsp3) is 0.500. The second-order valence-corrected chi connectivity index (χ2v) is 5.43. The lowest BCUT2D eigenvalue weighted by molar-refractivity contribution is 0.134. The molecule has 106 valence electrons. The smallest absolute Gasteiger partial charge is 0.107 e. The molecular weight excluding hydrogens is 276 g/mol. The van der Waals surface area contributed by atoms with Crippen molar-refractivity contribution in [2.75, 3.05) is 31.3 Å². The minimum Gasteiger partial charge on any atom is -0.389 e. The van der Waals surface area contributed by atoms with Crippen molar-refractivity contribution in [2.24, 2.45) is 5.73 Å². The number of hydrogen-bond acceptors (Lipinski definition) is 4. The second-order valence-electron chi connectivity index (χ2n) is 4.14. The summed E-state index contributed by atoms with van der Waals surface area (Å²) in [5, 5.41) is 3.39. The Labute approximate surface area is 125 Å². The Bertz CT molecular complexity index is 410. The van der Waals surface area contributed by atoms with E-state index in [0.717, 1.165) is 48.7 Å². The molecule has 1 rings (SSSR count). The van der Waals surface area contributed by atoms with E-state index in [0.29, 0.717) is 4.99 Å². The highest BCUT2D eigenvalue weighted by Gasteiger charge is 2.09. The van der Waals surface area contributed by atoms with Crippen LogP contribution < -0.4 is 11.1 Å². The average molecular weight is 298 g/mol. The van der Waals surface area contributed by atoms with Crippen LogP contribution in [0.4, 0.5) is 5.69 Å². The van der Waals surface area contributed by atoms with Gasteiger partial charge in [-0.3, -0.25) is 0 Å². The van der Waals surface area contributed by atoms with Gasteiger partial charge in [0.15, 0.2) is 0 Å². The molecule has 0 aromatic heterocycles. The summed E-state index contributed by atoms with van der Waals surface area (Å²) in [6, 6.07) is 6.07. The van der Waals surface area contributed by atoms with Gasteiger partial charge < -0.3 is 15.8 Å². The molecule has 0 spiro atoms. The van der Waals surface area contributed by atoms with E-state index in [4.69, 9.17) is 22.7 Å². The molecule has 3 nitrogen and oxygen atoms in total.